The van der Waals surface area contributed by atoms with Gasteiger partial charge in [-0.1, -0.05) is 23.7 Å². The molecule has 0 saturated carbocycles. The van der Waals surface area contributed by atoms with Crippen molar-refractivity contribution in [3.63, 3.8) is 0 Å². The minimum atomic E-state index is -4.56. The monoisotopic (exact) mass is 606 g/mol. The van der Waals surface area contributed by atoms with Crippen LogP contribution in [0.25, 0.3) is 17.0 Å². The summed E-state index contributed by atoms with van der Waals surface area (Å²) in [6, 6.07) is 8.35. The van der Waals surface area contributed by atoms with E-state index in [0.717, 1.165) is 17.8 Å². The molecule has 0 radical (unpaired) electrons. The van der Waals surface area contributed by atoms with Crippen molar-refractivity contribution in [2.45, 2.75) is 51.6 Å². The molecule has 13 heteroatoms. The van der Waals surface area contributed by atoms with E-state index in [1.54, 1.807) is 45.0 Å². The van der Waals surface area contributed by atoms with Gasteiger partial charge in [0, 0.05) is 23.5 Å². The first kappa shape index (κ1) is 29.0. The average molecular weight is 607 g/mol. The number of ether oxygens (including phenoxy) is 1. The van der Waals surface area contributed by atoms with E-state index in [4.69, 9.17) is 16.3 Å². The van der Waals surface area contributed by atoms with Crippen LogP contribution in [0.5, 0.6) is 0 Å². The Balaban J connectivity index is 1.32. The van der Waals surface area contributed by atoms with E-state index in [2.05, 4.69) is 5.10 Å². The van der Waals surface area contributed by atoms with Crippen LogP contribution in [-0.4, -0.2) is 61.6 Å². The largest absolute Gasteiger partial charge is 0.444 e. The van der Waals surface area contributed by atoms with E-state index in [1.807, 2.05) is 0 Å². The summed E-state index contributed by atoms with van der Waals surface area (Å²) in [7, 11) is 0. The Morgan fingerprint density at radius 1 is 1.17 bits per heavy atom. The average Bonchev–Trinajstić information content (AvgIpc) is 3.57. The van der Waals surface area contributed by atoms with Crippen LogP contribution in [0.2, 0.25) is 5.02 Å². The van der Waals surface area contributed by atoms with E-state index in [9.17, 15) is 27.6 Å². The van der Waals surface area contributed by atoms with Gasteiger partial charge in [0.05, 0.1) is 34.8 Å². The third kappa shape index (κ3) is 6.23. The maximum atomic E-state index is 13.5. The number of rotatable bonds is 4. The number of fused-ring (bicyclic) bond motifs is 1. The maximum absolute atomic E-state index is 13.5. The number of benzene rings is 2. The molecule has 8 nitrogen and oxygen atoms in total. The molecule has 0 N–H and O–H groups in total. The molecular weight excluding hydrogens is 581 g/mol. The molecule has 3 aromatic rings. The number of imide groups is 1. The van der Waals surface area contributed by atoms with Crippen LogP contribution >= 0.6 is 23.4 Å². The summed E-state index contributed by atoms with van der Waals surface area (Å²) in [5.41, 5.74) is -0.211. The molecule has 1 atom stereocenters. The lowest BCUT2D eigenvalue weighted by molar-refractivity contribution is -0.138. The molecule has 0 unspecified atom stereocenters. The van der Waals surface area contributed by atoms with Crippen molar-refractivity contribution in [2.75, 3.05) is 13.1 Å². The van der Waals surface area contributed by atoms with Gasteiger partial charge in [0.2, 0.25) is 0 Å². The molecule has 5 rings (SSSR count). The second-order valence-corrected chi connectivity index (χ2v) is 12.3. The Morgan fingerprint density at radius 2 is 1.93 bits per heavy atom. The van der Waals surface area contributed by atoms with E-state index in [1.165, 1.54) is 32.8 Å². The number of thioether (sulfide) groups is 1. The van der Waals surface area contributed by atoms with E-state index >= 15 is 0 Å². The molecule has 3 amide bonds. The summed E-state index contributed by atoms with van der Waals surface area (Å²) in [6.07, 6.45) is -1.46. The SMILES string of the molecule is CC(C)(C)OC(=O)N1CC[C@H](N2C(=O)S/C(=C\c3ccc4c(cnn4Cc4ccc(Cl)cc4C(F)(F)F)c3)C2=O)C1. The second-order valence-electron chi connectivity index (χ2n) is 10.8. The zero-order valence-corrected chi connectivity index (χ0v) is 23.9. The van der Waals surface area contributed by atoms with Crippen LogP contribution in [0.1, 0.15) is 43.9 Å². The lowest BCUT2D eigenvalue weighted by atomic mass is 10.1. The molecule has 1 aromatic heterocycles. The van der Waals surface area contributed by atoms with Gasteiger partial charge in [0.1, 0.15) is 5.60 Å². The summed E-state index contributed by atoms with van der Waals surface area (Å²) >= 11 is 6.62. The molecule has 3 heterocycles. The smallest absolute Gasteiger partial charge is 0.416 e. The molecule has 216 valence electrons. The first-order valence-electron chi connectivity index (χ1n) is 12.8. The summed E-state index contributed by atoms with van der Waals surface area (Å²) < 4.78 is 47.5. The Labute approximate surface area is 243 Å². The van der Waals surface area contributed by atoms with Crippen molar-refractivity contribution in [2.24, 2.45) is 0 Å². The molecule has 2 saturated heterocycles. The Bertz CT molecular complexity index is 1580. The number of carbonyl (C=O) groups excluding carboxylic acids is 3. The quantitative estimate of drug-likeness (QED) is 0.304. The number of hydrogen-bond acceptors (Lipinski definition) is 6. The van der Waals surface area contributed by atoms with Crippen LogP contribution in [0.4, 0.5) is 22.8 Å². The predicted octanol–water partition coefficient (Wildman–Crippen LogP) is 6.80. The number of likely N-dealkylation sites (tertiary alicyclic amines) is 1. The lowest BCUT2D eigenvalue weighted by Crippen LogP contribution is -2.42. The predicted molar refractivity (Wildman–Crippen MR) is 149 cm³/mol. The van der Waals surface area contributed by atoms with Gasteiger partial charge in [0.15, 0.2) is 0 Å². The first-order valence-corrected chi connectivity index (χ1v) is 14.0. The van der Waals surface area contributed by atoms with Crippen molar-refractivity contribution >= 4 is 57.6 Å². The molecular formula is C28H26ClF3N4O4S. The first-order chi connectivity index (χ1) is 19.2. The fourth-order valence-electron chi connectivity index (χ4n) is 4.82. The van der Waals surface area contributed by atoms with Gasteiger partial charge < -0.3 is 9.64 Å². The van der Waals surface area contributed by atoms with Crippen molar-refractivity contribution in [1.29, 1.82) is 0 Å². The lowest BCUT2D eigenvalue weighted by Gasteiger charge is -2.25. The fraction of sp³-hybridized carbons (Fsp3) is 0.357. The summed E-state index contributed by atoms with van der Waals surface area (Å²) in [6.45, 7) is 5.77. The highest BCUT2D eigenvalue weighted by atomic mass is 35.5. The Kier molecular flexibility index (Phi) is 7.58. The Morgan fingerprint density at radius 3 is 2.63 bits per heavy atom. The maximum Gasteiger partial charge on any atom is 0.416 e. The van der Waals surface area contributed by atoms with Gasteiger partial charge >= 0.3 is 12.3 Å². The number of nitrogens with zero attached hydrogens (tertiary/aromatic N) is 4. The third-order valence-electron chi connectivity index (χ3n) is 6.66. The zero-order valence-electron chi connectivity index (χ0n) is 22.4. The highest BCUT2D eigenvalue weighted by Gasteiger charge is 2.43. The van der Waals surface area contributed by atoms with Crippen molar-refractivity contribution in [1.82, 2.24) is 19.6 Å². The van der Waals surface area contributed by atoms with Gasteiger partial charge in [-0.25, -0.2) is 4.79 Å². The highest BCUT2D eigenvalue weighted by molar-refractivity contribution is 8.18. The second kappa shape index (κ2) is 10.7. The molecule has 2 aromatic carbocycles. The van der Waals surface area contributed by atoms with Gasteiger partial charge in [-0.3, -0.25) is 19.2 Å². The number of carbonyl (C=O) groups is 3. The van der Waals surface area contributed by atoms with Crippen LogP contribution in [-0.2, 0) is 22.3 Å². The Hall–Kier alpha value is -3.51. The standard InChI is InChI=1S/C28H26ClF3N4O4S/c1-27(2,3)40-25(38)34-9-8-20(15-34)36-24(37)23(41-26(36)39)11-16-4-7-22-18(10-16)13-33-35(22)14-17-5-6-19(29)12-21(17)28(30,31)32/h4-7,10-13,20H,8-9,14-15H2,1-3H3/b23-11-/t20-/m0/s1. The zero-order chi connectivity index (χ0) is 29.7. The van der Waals surface area contributed by atoms with Gasteiger partial charge in [0.25, 0.3) is 11.1 Å². The fourth-order valence-corrected chi connectivity index (χ4v) is 5.90. The van der Waals surface area contributed by atoms with Gasteiger partial charge in [-0.05, 0) is 80.4 Å². The van der Waals surface area contributed by atoms with Crippen LogP contribution in [0.3, 0.4) is 0 Å². The van der Waals surface area contributed by atoms with E-state index in [0.29, 0.717) is 29.4 Å². The molecule has 2 fully saturated rings. The summed E-state index contributed by atoms with van der Waals surface area (Å²) in [4.78, 5) is 41.3. The number of hydrogen-bond donors (Lipinski definition) is 0. The minimum absolute atomic E-state index is 0.00578. The van der Waals surface area contributed by atoms with Crippen molar-refractivity contribution < 1.29 is 32.3 Å². The number of alkyl halides is 3. The summed E-state index contributed by atoms with van der Waals surface area (Å²) in [5.74, 6) is -0.436. The number of halogens is 4. The molecule has 0 aliphatic carbocycles. The van der Waals surface area contributed by atoms with Gasteiger partial charge in [-0.2, -0.15) is 18.3 Å². The van der Waals surface area contributed by atoms with E-state index < -0.39 is 40.6 Å². The number of amides is 3. The van der Waals surface area contributed by atoms with Crippen LogP contribution < -0.4 is 0 Å². The molecule has 41 heavy (non-hydrogen) atoms. The number of aromatic nitrogens is 2. The van der Waals surface area contributed by atoms with E-state index in [-0.39, 0.29) is 28.6 Å². The highest BCUT2D eigenvalue weighted by Crippen LogP contribution is 2.37. The topological polar surface area (TPSA) is 84.7 Å². The molecule has 0 spiro atoms. The van der Waals surface area contributed by atoms with Crippen molar-refractivity contribution in [3.8, 4) is 0 Å². The normalized spacial score (nSPS) is 19.2. The van der Waals surface area contributed by atoms with Gasteiger partial charge in [-0.15, -0.1) is 0 Å². The minimum Gasteiger partial charge on any atom is -0.444 e. The van der Waals surface area contributed by atoms with Crippen LogP contribution in [0.15, 0.2) is 47.5 Å². The third-order valence-corrected chi connectivity index (χ3v) is 7.78. The summed E-state index contributed by atoms with van der Waals surface area (Å²) in [5, 5.41) is 4.51. The molecule has 0 bridgehead atoms. The van der Waals surface area contributed by atoms with Crippen molar-refractivity contribution in [3.05, 3.63) is 69.2 Å². The molecule has 2 aliphatic heterocycles. The molecule has 2 aliphatic rings. The van der Waals surface area contributed by atoms with Crippen LogP contribution in [0, 0.1) is 0 Å².